The van der Waals surface area contributed by atoms with Crippen LogP contribution in [0.3, 0.4) is 0 Å². The number of aromatic nitrogens is 1. The zero-order valence-corrected chi connectivity index (χ0v) is 19.8. The molecule has 0 bridgehead atoms. The summed E-state index contributed by atoms with van der Waals surface area (Å²) in [5, 5.41) is 8.27. The summed E-state index contributed by atoms with van der Waals surface area (Å²) < 4.78 is 16.0. The largest absolute Gasteiger partial charge is 0.497 e. The molecule has 0 aliphatic heterocycles. The van der Waals surface area contributed by atoms with E-state index in [0.717, 1.165) is 50.2 Å². The van der Waals surface area contributed by atoms with Crippen LogP contribution in [0, 0.1) is 0 Å². The Morgan fingerprint density at radius 1 is 0.882 bits per heavy atom. The van der Waals surface area contributed by atoms with Crippen molar-refractivity contribution in [3.8, 4) is 11.5 Å². The highest BCUT2D eigenvalue weighted by Gasteiger charge is 2.12. The third-order valence-electron chi connectivity index (χ3n) is 5.44. The van der Waals surface area contributed by atoms with Gasteiger partial charge in [0.05, 0.1) is 37.5 Å². The molecule has 0 radical (unpaired) electrons. The van der Waals surface area contributed by atoms with Gasteiger partial charge in [-0.25, -0.2) is 9.78 Å². The van der Waals surface area contributed by atoms with Crippen molar-refractivity contribution in [2.45, 2.75) is 26.3 Å². The maximum Gasteiger partial charge on any atom is 0.407 e. The summed E-state index contributed by atoms with van der Waals surface area (Å²) in [6.07, 6.45) is 0.255. The molecular weight excluding hydrogens is 430 g/mol. The van der Waals surface area contributed by atoms with E-state index in [1.165, 1.54) is 0 Å². The molecule has 176 valence electrons. The molecule has 0 unspecified atom stereocenters. The van der Waals surface area contributed by atoms with Gasteiger partial charge in [-0.15, -0.1) is 0 Å². The first-order chi connectivity index (χ1) is 16.5. The number of anilines is 2. The average Bonchev–Trinajstić information content (AvgIpc) is 2.83. The second-order valence-corrected chi connectivity index (χ2v) is 8.26. The molecule has 1 amide bonds. The summed E-state index contributed by atoms with van der Waals surface area (Å²) in [6, 6.07) is 19.9. The van der Waals surface area contributed by atoms with E-state index in [1.807, 2.05) is 74.5 Å². The second kappa shape index (κ2) is 10.3. The molecule has 3 aromatic carbocycles. The Labute approximate surface area is 199 Å². The van der Waals surface area contributed by atoms with Crippen LogP contribution in [0.25, 0.3) is 21.8 Å². The molecule has 34 heavy (non-hydrogen) atoms. The third-order valence-corrected chi connectivity index (χ3v) is 5.44. The second-order valence-electron chi connectivity index (χ2n) is 8.26. The van der Waals surface area contributed by atoms with E-state index in [-0.39, 0.29) is 6.04 Å². The lowest BCUT2D eigenvalue weighted by Crippen LogP contribution is -2.31. The van der Waals surface area contributed by atoms with Gasteiger partial charge in [0.25, 0.3) is 0 Å². The van der Waals surface area contributed by atoms with E-state index in [1.54, 1.807) is 14.2 Å². The van der Waals surface area contributed by atoms with Crippen LogP contribution in [0.5, 0.6) is 11.5 Å². The highest BCUT2D eigenvalue weighted by Crippen LogP contribution is 2.36. The third kappa shape index (κ3) is 5.31. The van der Waals surface area contributed by atoms with Crippen LogP contribution < -0.4 is 20.1 Å². The molecule has 0 aliphatic carbocycles. The topological polar surface area (TPSA) is 81.7 Å². The molecule has 1 heterocycles. The predicted octanol–water partition coefficient (Wildman–Crippen LogP) is 5.83. The van der Waals surface area contributed by atoms with Crippen molar-refractivity contribution >= 4 is 39.3 Å². The van der Waals surface area contributed by atoms with Crippen molar-refractivity contribution in [2.75, 3.05) is 26.1 Å². The number of hydrogen-bond acceptors (Lipinski definition) is 6. The van der Waals surface area contributed by atoms with Gasteiger partial charge in [-0.2, -0.15) is 0 Å². The number of carbonyl (C=O) groups excluding carboxylic acids is 1. The number of ether oxygens (including phenoxy) is 3. The van der Waals surface area contributed by atoms with E-state index in [2.05, 4.69) is 10.6 Å². The van der Waals surface area contributed by atoms with Gasteiger partial charge >= 0.3 is 6.09 Å². The van der Waals surface area contributed by atoms with Gasteiger partial charge in [0.2, 0.25) is 0 Å². The van der Waals surface area contributed by atoms with Crippen molar-refractivity contribution in [1.29, 1.82) is 0 Å². The first-order valence-corrected chi connectivity index (χ1v) is 11.2. The van der Waals surface area contributed by atoms with E-state index >= 15 is 0 Å². The predicted molar refractivity (Wildman–Crippen MR) is 135 cm³/mol. The standard InChI is InChI=1S/C27H29N3O4/c1-17(2)28-27(31)34-14-13-18-5-7-19(8-6-18)29-26-22-11-9-20(32-3)15-24(22)30-25-16-21(33-4)10-12-23(25)26/h5-12,15-17H,13-14H2,1-4H3,(H,28,31)(H,29,30). The average molecular weight is 460 g/mol. The molecule has 0 spiro atoms. The first kappa shape index (κ1) is 23.2. The normalized spacial score (nSPS) is 11.0. The molecular formula is C27H29N3O4. The van der Waals surface area contributed by atoms with Crippen LogP contribution in [-0.4, -0.2) is 37.9 Å². The number of methoxy groups -OCH3 is 2. The van der Waals surface area contributed by atoms with Crippen molar-refractivity contribution in [2.24, 2.45) is 0 Å². The van der Waals surface area contributed by atoms with Crippen LogP contribution in [0.4, 0.5) is 16.2 Å². The Balaban J connectivity index is 1.58. The number of carbonyl (C=O) groups is 1. The molecule has 0 fully saturated rings. The van der Waals surface area contributed by atoms with Gasteiger partial charge in [-0.05, 0) is 55.8 Å². The quantitative estimate of drug-likeness (QED) is 0.323. The number of fused-ring (bicyclic) bond motifs is 2. The number of pyridine rings is 1. The summed E-state index contributed by atoms with van der Waals surface area (Å²) in [5.74, 6) is 1.50. The van der Waals surface area contributed by atoms with Gasteiger partial charge in [-0.3, -0.25) is 0 Å². The monoisotopic (exact) mass is 459 g/mol. The number of hydrogen-bond donors (Lipinski definition) is 2. The summed E-state index contributed by atoms with van der Waals surface area (Å²) in [7, 11) is 3.29. The fourth-order valence-electron chi connectivity index (χ4n) is 3.73. The minimum Gasteiger partial charge on any atom is -0.497 e. The summed E-state index contributed by atoms with van der Waals surface area (Å²) in [4.78, 5) is 16.5. The highest BCUT2D eigenvalue weighted by atomic mass is 16.5. The van der Waals surface area contributed by atoms with Crippen LogP contribution >= 0.6 is 0 Å². The molecule has 7 nitrogen and oxygen atoms in total. The van der Waals surface area contributed by atoms with Crippen LogP contribution in [0.2, 0.25) is 0 Å². The summed E-state index contributed by atoms with van der Waals surface area (Å²) in [6.45, 7) is 4.12. The maximum atomic E-state index is 11.6. The molecule has 0 saturated heterocycles. The molecule has 0 aliphatic rings. The van der Waals surface area contributed by atoms with Crippen LogP contribution in [-0.2, 0) is 11.2 Å². The molecule has 7 heteroatoms. The smallest absolute Gasteiger partial charge is 0.407 e. The molecule has 2 N–H and O–H groups in total. The Morgan fingerprint density at radius 3 is 2.00 bits per heavy atom. The Morgan fingerprint density at radius 2 is 1.47 bits per heavy atom. The Bertz CT molecular complexity index is 1240. The zero-order chi connectivity index (χ0) is 24.1. The molecule has 4 rings (SSSR count). The van der Waals surface area contributed by atoms with Gasteiger partial charge in [0.15, 0.2) is 0 Å². The van der Waals surface area contributed by atoms with Gasteiger partial charge < -0.3 is 24.8 Å². The minimum absolute atomic E-state index is 0.0559. The lowest BCUT2D eigenvalue weighted by molar-refractivity contribution is 0.145. The SMILES string of the molecule is COc1ccc2c(Nc3ccc(CCOC(=O)NC(C)C)cc3)c3ccc(OC)cc3nc2c1. The summed E-state index contributed by atoms with van der Waals surface area (Å²) >= 11 is 0. The van der Waals surface area contributed by atoms with Gasteiger partial charge in [0, 0.05) is 41.1 Å². The number of nitrogens with one attached hydrogen (secondary N) is 2. The van der Waals surface area contributed by atoms with E-state index in [0.29, 0.717) is 13.0 Å². The van der Waals surface area contributed by atoms with Crippen molar-refractivity contribution in [3.63, 3.8) is 0 Å². The van der Waals surface area contributed by atoms with Crippen LogP contribution in [0.15, 0.2) is 60.7 Å². The van der Waals surface area contributed by atoms with Crippen molar-refractivity contribution in [1.82, 2.24) is 10.3 Å². The van der Waals surface area contributed by atoms with Crippen molar-refractivity contribution in [3.05, 3.63) is 66.2 Å². The number of alkyl carbamates (subject to hydrolysis) is 1. The number of amides is 1. The van der Waals surface area contributed by atoms with Gasteiger partial charge in [-0.1, -0.05) is 12.1 Å². The summed E-state index contributed by atoms with van der Waals surface area (Å²) in [5.41, 5.74) is 4.66. The lowest BCUT2D eigenvalue weighted by Gasteiger charge is -2.15. The van der Waals surface area contributed by atoms with Crippen molar-refractivity contribution < 1.29 is 19.0 Å². The highest BCUT2D eigenvalue weighted by molar-refractivity contribution is 6.09. The molecule has 0 atom stereocenters. The zero-order valence-electron chi connectivity index (χ0n) is 19.8. The molecule has 4 aromatic rings. The van der Waals surface area contributed by atoms with Crippen LogP contribution in [0.1, 0.15) is 19.4 Å². The Kier molecular flexibility index (Phi) is 7.01. The Hall–Kier alpha value is -4.00. The fourth-order valence-corrected chi connectivity index (χ4v) is 3.73. The van der Waals surface area contributed by atoms with E-state index in [9.17, 15) is 4.79 Å². The maximum absolute atomic E-state index is 11.6. The lowest BCUT2D eigenvalue weighted by atomic mass is 10.1. The van der Waals surface area contributed by atoms with E-state index < -0.39 is 6.09 Å². The number of rotatable bonds is 8. The van der Waals surface area contributed by atoms with E-state index in [4.69, 9.17) is 19.2 Å². The minimum atomic E-state index is -0.391. The number of nitrogens with zero attached hydrogens (tertiary/aromatic N) is 1. The first-order valence-electron chi connectivity index (χ1n) is 11.2. The fraction of sp³-hybridized carbons (Fsp3) is 0.259. The van der Waals surface area contributed by atoms with Gasteiger partial charge in [0.1, 0.15) is 11.5 Å². The number of benzene rings is 3. The molecule has 0 saturated carbocycles. The molecule has 1 aromatic heterocycles.